The SMILES string of the molecule is Cc1cc(C(=O)N2CCNCC2C(F)(F)F)nc2nccn12. The molecule has 3 heterocycles. The Hall–Kier alpha value is -2.16. The highest BCUT2D eigenvalue weighted by atomic mass is 19.4. The standard InChI is InChI=1S/C13H14F3N5O/c1-8-6-9(19-12-18-3-5-20(8)12)11(22)21-4-2-17-7-10(21)13(14,15)16/h3,5-6,10,17H,2,4,7H2,1H3. The maximum absolute atomic E-state index is 13.1. The first-order valence-corrected chi connectivity index (χ1v) is 6.77. The molecule has 6 nitrogen and oxygen atoms in total. The summed E-state index contributed by atoms with van der Waals surface area (Å²) in [6, 6.07) is -0.362. The van der Waals surface area contributed by atoms with Gasteiger partial charge >= 0.3 is 6.18 Å². The zero-order valence-electron chi connectivity index (χ0n) is 11.8. The third-order valence-corrected chi connectivity index (χ3v) is 3.67. The molecule has 2 aromatic heterocycles. The van der Waals surface area contributed by atoms with Crippen molar-refractivity contribution < 1.29 is 18.0 Å². The molecule has 1 saturated heterocycles. The van der Waals surface area contributed by atoms with Crippen LogP contribution in [0.2, 0.25) is 0 Å². The molecule has 1 atom stereocenters. The van der Waals surface area contributed by atoms with E-state index in [9.17, 15) is 18.0 Å². The molecule has 1 aliphatic heterocycles. The van der Waals surface area contributed by atoms with Gasteiger partial charge in [-0.3, -0.25) is 9.20 Å². The van der Waals surface area contributed by atoms with E-state index in [0.29, 0.717) is 18.0 Å². The van der Waals surface area contributed by atoms with E-state index < -0.39 is 18.1 Å². The van der Waals surface area contributed by atoms with Crippen molar-refractivity contribution in [2.75, 3.05) is 19.6 Å². The van der Waals surface area contributed by atoms with Crippen LogP contribution in [0.3, 0.4) is 0 Å². The van der Waals surface area contributed by atoms with Gasteiger partial charge in [0.1, 0.15) is 11.7 Å². The molecule has 0 aliphatic carbocycles. The van der Waals surface area contributed by atoms with Gasteiger partial charge in [0.05, 0.1) is 0 Å². The van der Waals surface area contributed by atoms with Crippen molar-refractivity contribution in [3.63, 3.8) is 0 Å². The fraction of sp³-hybridized carbons (Fsp3) is 0.462. The topological polar surface area (TPSA) is 62.5 Å². The second-order valence-corrected chi connectivity index (χ2v) is 5.14. The fourth-order valence-corrected chi connectivity index (χ4v) is 2.56. The van der Waals surface area contributed by atoms with Crippen molar-refractivity contribution >= 4 is 11.7 Å². The van der Waals surface area contributed by atoms with Gasteiger partial charge in [-0.2, -0.15) is 13.2 Å². The van der Waals surface area contributed by atoms with Gasteiger partial charge in [0.15, 0.2) is 0 Å². The molecule has 118 valence electrons. The predicted octanol–water partition coefficient (Wildman–Crippen LogP) is 1.01. The third-order valence-electron chi connectivity index (χ3n) is 3.67. The number of nitrogens with one attached hydrogen (secondary N) is 1. The predicted molar refractivity (Wildman–Crippen MR) is 71.5 cm³/mol. The van der Waals surface area contributed by atoms with Crippen molar-refractivity contribution in [2.45, 2.75) is 19.1 Å². The fourth-order valence-electron chi connectivity index (χ4n) is 2.56. The first kappa shape index (κ1) is 14.8. The lowest BCUT2D eigenvalue weighted by Gasteiger charge is -2.36. The Balaban J connectivity index is 1.96. The van der Waals surface area contributed by atoms with Gasteiger partial charge < -0.3 is 10.2 Å². The number of piperazine rings is 1. The average Bonchev–Trinajstić information content (AvgIpc) is 2.94. The van der Waals surface area contributed by atoms with Crippen LogP contribution in [0, 0.1) is 6.92 Å². The van der Waals surface area contributed by atoms with Crippen molar-refractivity contribution in [2.24, 2.45) is 0 Å². The van der Waals surface area contributed by atoms with E-state index in [-0.39, 0.29) is 18.8 Å². The van der Waals surface area contributed by atoms with Gasteiger partial charge in [0.2, 0.25) is 5.78 Å². The van der Waals surface area contributed by atoms with Crippen LogP contribution < -0.4 is 5.32 Å². The van der Waals surface area contributed by atoms with Crippen LogP contribution in [0.15, 0.2) is 18.5 Å². The Morgan fingerprint density at radius 2 is 2.23 bits per heavy atom. The van der Waals surface area contributed by atoms with Crippen LogP contribution in [0.1, 0.15) is 16.2 Å². The molecular weight excluding hydrogens is 299 g/mol. The number of carbonyl (C=O) groups excluding carboxylic acids is 1. The first-order chi connectivity index (χ1) is 10.4. The van der Waals surface area contributed by atoms with Gasteiger partial charge in [0.25, 0.3) is 5.91 Å². The number of halogens is 3. The summed E-state index contributed by atoms with van der Waals surface area (Å²) in [4.78, 5) is 21.3. The Morgan fingerprint density at radius 1 is 1.45 bits per heavy atom. The summed E-state index contributed by atoms with van der Waals surface area (Å²) >= 11 is 0. The van der Waals surface area contributed by atoms with Crippen molar-refractivity contribution in [1.82, 2.24) is 24.6 Å². The lowest BCUT2D eigenvalue weighted by Crippen LogP contribution is -2.59. The summed E-state index contributed by atoms with van der Waals surface area (Å²) in [6.45, 7) is 1.75. The molecule has 0 bridgehead atoms. The molecule has 1 N–H and O–H groups in total. The summed E-state index contributed by atoms with van der Waals surface area (Å²) in [6.07, 6.45) is -1.28. The van der Waals surface area contributed by atoms with E-state index >= 15 is 0 Å². The highest BCUT2D eigenvalue weighted by Gasteiger charge is 2.46. The Morgan fingerprint density at radius 3 is 2.95 bits per heavy atom. The van der Waals surface area contributed by atoms with Gasteiger partial charge in [-0.15, -0.1) is 0 Å². The molecule has 1 aliphatic rings. The van der Waals surface area contributed by atoms with Crippen LogP contribution in [0.5, 0.6) is 0 Å². The highest BCUT2D eigenvalue weighted by molar-refractivity contribution is 5.93. The van der Waals surface area contributed by atoms with Crippen LogP contribution in [-0.2, 0) is 0 Å². The number of aromatic nitrogens is 3. The van der Waals surface area contributed by atoms with Gasteiger partial charge in [-0.05, 0) is 13.0 Å². The number of alkyl halides is 3. The van der Waals surface area contributed by atoms with E-state index in [0.717, 1.165) is 4.90 Å². The second kappa shape index (κ2) is 5.24. The lowest BCUT2D eigenvalue weighted by molar-refractivity contribution is -0.179. The quantitative estimate of drug-likeness (QED) is 0.854. The van der Waals surface area contributed by atoms with E-state index in [1.165, 1.54) is 12.3 Å². The van der Waals surface area contributed by atoms with Crippen molar-refractivity contribution in [3.05, 3.63) is 29.8 Å². The molecule has 0 radical (unpaired) electrons. The molecule has 1 unspecified atom stereocenters. The maximum atomic E-state index is 13.1. The molecule has 2 aromatic rings. The van der Waals surface area contributed by atoms with Crippen LogP contribution >= 0.6 is 0 Å². The van der Waals surface area contributed by atoms with Crippen LogP contribution in [-0.4, -0.2) is 57.0 Å². The minimum atomic E-state index is -4.48. The molecule has 0 saturated carbocycles. The minimum Gasteiger partial charge on any atom is -0.323 e. The van der Waals surface area contributed by atoms with Gasteiger partial charge in [-0.25, -0.2) is 9.97 Å². The number of amides is 1. The van der Waals surface area contributed by atoms with E-state index in [1.807, 2.05) is 0 Å². The van der Waals surface area contributed by atoms with E-state index in [2.05, 4.69) is 15.3 Å². The van der Waals surface area contributed by atoms with Crippen molar-refractivity contribution in [3.8, 4) is 0 Å². The molecule has 1 amide bonds. The zero-order chi connectivity index (χ0) is 15.9. The largest absolute Gasteiger partial charge is 0.410 e. The summed E-state index contributed by atoms with van der Waals surface area (Å²) in [5.74, 6) is -0.431. The summed E-state index contributed by atoms with van der Waals surface area (Å²) in [5, 5.41) is 2.66. The molecule has 0 aromatic carbocycles. The monoisotopic (exact) mass is 313 g/mol. The van der Waals surface area contributed by atoms with E-state index in [4.69, 9.17) is 0 Å². The molecular formula is C13H14F3N5O. The van der Waals surface area contributed by atoms with Crippen molar-refractivity contribution in [1.29, 1.82) is 0 Å². The highest BCUT2D eigenvalue weighted by Crippen LogP contribution is 2.27. The smallest absolute Gasteiger partial charge is 0.323 e. The summed E-state index contributed by atoms with van der Waals surface area (Å²) < 4.78 is 40.9. The van der Waals surface area contributed by atoms with Gasteiger partial charge in [0, 0.05) is 37.7 Å². The second-order valence-electron chi connectivity index (χ2n) is 5.14. The van der Waals surface area contributed by atoms with Gasteiger partial charge in [-0.1, -0.05) is 0 Å². The number of hydrogen-bond acceptors (Lipinski definition) is 4. The normalized spacial score (nSPS) is 19.6. The number of fused-ring (bicyclic) bond motifs is 1. The first-order valence-electron chi connectivity index (χ1n) is 6.77. The van der Waals surface area contributed by atoms with Crippen LogP contribution in [0.4, 0.5) is 13.2 Å². The number of hydrogen-bond donors (Lipinski definition) is 1. The number of nitrogens with zero attached hydrogens (tertiary/aromatic N) is 4. The number of rotatable bonds is 1. The van der Waals surface area contributed by atoms with Crippen LogP contribution in [0.25, 0.3) is 5.78 Å². The number of imidazole rings is 1. The zero-order valence-corrected chi connectivity index (χ0v) is 11.8. The molecule has 22 heavy (non-hydrogen) atoms. The molecule has 0 spiro atoms. The number of carbonyl (C=O) groups is 1. The summed E-state index contributed by atoms with van der Waals surface area (Å²) in [7, 11) is 0. The molecule has 9 heteroatoms. The Kier molecular flexibility index (Phi) is 3.51. The molecule has 3 rings (SSSR count). The minimum absolute atomic E-state index is 0.0106. The Bertz CT molecular complexity index is 711. The molecule has 1 fully saturated rings. The lowest BCUT2D eigenvalue weighted by atomic mass is 10.1. The average molecular weight is 313 g/mol. The number of aryl methyl sites for hydroxylation is 1. The third kappa shape index (κ3) is 2.52. The van der Waals surface area contributed by atoms with E-state index in [1.54, 1.807) is 17.5 Å². The Labute approximate surface area is 124 Å². The maximum Gasteiger partial charge on any atom is 0.410 e. The summed E-state index contributed by atoms with van der Waals surface area (Å²) in [5.41, 5.74) is 0.664.